The minimum Gasteiger partial charge on any atom is -0.377 e. The van der Waals surface area contributed by atoms with Gasteiger partial charge in [0.25, 0.3) is 5.56 Å². The zero-order chi connectivity index (χ0) is 16.6. The van der Waals surface area contributed by atoms with Crippen LogP contribution in [0, 0.1) is 12.3 Å². The summed E-state index contributed by atoms with van der Waals surface area (Å²) in [6.07, 6.45) is 2.70. The summed E-state index contributed by atoms with van der Waals surface area (Å²) < 4.78 is 12.8. The van der Waals surface area contributed by atoms with Gasteiger partial charge in [-0.1, -0.05) is 32.0 Å². The number of aryl methyl sites for hydroxylation is 1. The topological polar surface area (TPSA) is 70.2 Å². The van der Waals surface area contributed by atoms with Crippen LogP contribution < -0.4 is 5.56 Å². The first-order valence-corrected chi connectivity index (χ1v) is 7.96. The quantitative estimate of drug-likeness (QED) is 0.870. The van der Waals surface area contributed by atoms with Crippen LogP contribution in [-0.4, -0.2) is 27.4 Å². The fourth-order valence-corrected chi connectivity index (χ4v) is 3.12. The van der Waals surface area contributed by atoms with E-state index in [9.17, 15) is 4.79 Å². The highest BCUT2D eigenvalue weighted by Gasteiger charge is 2.40. The number of ether oxygens (including phenoxy) is 1. The van der Waals surface area contributed by atoms with Crippen LogP contribution >= 0.6 is 0 Å². The maximum atomic E-state index is 12.1. The zero-order valence-electron chi connectivity index (χ0n) is 14.1. The molecular formula is C17H23N3O3. The van der Waals surface area contributed by atoms with Crippen molar-refractivity contribution in [2.45, 2.75) is 52.7 Å². The highest BCUT2D eigenvalue weighted by Crippen LogP contribution is 2.39. The fourth-order valence-electron chi connectivity index (χ4n) is 3.12. The molecular weight excluding hydrogens is 294 g/mol. The average Bonchev–Trinajstić information content (AvgIpc) is 3.11. The molecule has 3 heterocycles. The van der Waals surface area contributed by atoms with E-state index >= 15 is 0 Å². The van der Waals surface area contributed by atoms with E-state index in [0.717, 1.165) is 6.42 Å². The molecule has 1 fully saturated rings. The normalized spacial score (nSPS) is 21.7. The van der Waals surface area contributed by atoms with E-state index in [2.05, 4.69) is 30.9 Å². The first-order chi connectivity index (χ1) is 10.9. The predicted octanol–water partition coefficient (Wildman–Crippen LogP) is 2.51. The van der Waals surface area contributed by atoms with Gasteiger partial charge in [-0.15, -0.1) is 0 Å². The highest BCUT2D eigenvalue weighted by atomic mass is 16.5. The molecule has 124 valence electrons. The first kappa shape index (κ1) is 15.9. The first-order valence-electron chi connectivity index (χ1n) is 7.96. The number of nitrogens with zero attached hydrogens (tertiary/aromatic N) is 3. The van der Waals surface area contributed by atoms with Crippen molar-refractivity contribution in [3.8, 4) is 0 Å². The van der Waals surface area contributed by atoms with Crippen LogP contribution in [0.4, 0.5) is 0 Å². The van der Waals surface area contributed by atoms with Crippen LogP contribution in [0.5, 0.6) is 0 Å². The Morgan fingerprint density at radius 1 is 1.39 bits per heavy atom. The molecule has 0 saturated carbocycles. The summed E-state index contributed by atoms with van der Waals surface area (Å²) in [5.74, 6) is 1.27. The van der Waals surface area contributed by atoms with Gasteiger partial charge < -0.3 is 13.8 Å². The molecule has 0 amide bonds. The van der Waals surface area contributed by atoms with E-state index in [-0.39, 0.29) is 23.0 Å². The van der Waals surface area contributed by atoms with Crippen LogP contribution in [0.3, 0.4) is 0 Å². The van der Waals surface area contributed by atoms with Gasteiger partial charge in [-0.25, -0.2) is 0 Å². The van der Waals surface area contributed by atoms with Gasteiger partial charge in [0.2, 0.25) is 5.89 Å². The molecule has 1 saturated heterocycles. The minimum absolute atomic E-state index is 0.0233. The second-order valence-corrected chi connectivity index (χ2v) is 7.22. The molecule has 0 spiro atoms. The van der Waals surface area contributed by atoms with E-state index in [1.807, 2.05) is 6.07 Å². The van der Waals surface area contributed by atoms with Gasteiger partial charge in [0.05, 0.1) is 12.0 Å². The van der Waals surface area contributed by atoms with Crippen LogP contribution in [0.1, 0.15) is 50.4 Å². The summed E-state index contributed by atoms with van der Waals surface area (Å²) in [6, 6.07) is 3.64. The Bertz CT molecular complexity index is 742. The average molecular weight is 317 g/mol. The van der Waals surface area contributed by atoms with Gasteiger partial charge in [-0.2, -0.15) is 4.98 Å². The Morgan fingerprint density at radius 3 is 2.91 bits per heavy atom. The number of hydrogen-bond donors (Lipinski definition) is 0. The number of hydrogen-bond acceptors (Lipinski definition) is 5. The molecule has 2 aromatic rings. The van der Waals surface area contributed by atoms with Crippen molar-refractivity contribution in [2.24, 2.45) is 5.41 Å². The molecule has 2 aromatic heterocycles. The van der Waals surface area contributed by atoms with Crippen molar-refractivity contribution in [1.29, 1.82) is 0 Å². The summed E-state index contributed by atoms with van der Waals surface area (Å²) in [6.45, 7) is 9.27. The Balaban J connectivity index is 1.81. The molecule has 0 radical (unpaired) electrons. The van der Waals surface area contributed by atoms with Crippen molar-refractivity contribution in [3.63, 3.8) is 0 Å². The van der Waals surface area contributed by atoms with Gasteiger partial charge in [0, 0.05) is 18.4 Å². The van der Waals surface area contributed by atoms with Crippen molar-refractivity contribution in [2.75, 3.05) is 6.61 Å². The molecule has 1 aliphatic rings. The Kier molecular flexibility index (Phi) is 4.10. The number of aromatic nitrogens is 3. The summed E-state index contributed by atoms with van der Waals surface area (Å²) in [5.41, 5.74) is 0.684. The van der Waals surface area contributed by atoms with Crippen LogP contribution in [0.25, 0.3) is 0 Å². The molecule has 0 bridgehead atoms. The molecule has 1 aliphatic heterocycles. The third-order valence-corrected chi connectivity index (χ3v) is 4.28. The zero-order valence-corrected chi connectivity index (χ0v) is 14.1. The lowest BCUT2D eigenvalue weighted by Gasteiger charge is -2.29. The summed E-state index contributed by atoms with van der Waals surface area (Å²) in [5, 5.41) is 4.13. The lowest BCUT2D eigenvalue weighted by atomic mass is 9.81. The van der Waals surface area contributed by atoms with Gasteiger partial charge in [-0.05, 0) is 24.8 Å². The van der Waals surface area contributed by atoms with Gasteiger partial charge in [-0.3, -0.25) is 4.79 Å². The van der Waals surface area contributed by atoms with E-state index in [4.69, 9.17) is 9.26 Å². The van der Waals surface area contributed by atoms with E-state index in [1.54, 1.807) is 23.8 Å². The number of pyridine rings is 1. The third kappa shape index (κ3) is 3.22. The lowest BCUT2D eigenvalue weighted by Crippen LogP contribution is -2.30. The molecule has 2 atom stereocenters. The van der Waals surface area contributed by atoms with Crippen LogP contribution in [0.2, 0.25) is 0 Å². The fraction of sp³-hybridized carbons (Fsp3) is 0.588. The van der Waals surface area contributed by atoms with Crippen molar-refractivity contribution in [3.05, 3.63) is 46.0 Å². The maximum Gasteiger partial charge on any atom is 0.253 e. The molecule has 6 heteroatoms. The van der Waals surface area contributed by atoms with Gasteiger partial charge in [0.15, 0.2) is 5.82 Å². The molecule has 23 heavy (non-hydrogen) atoms. The second-order valence-electron chi connectivity index (χ2n) is 7.22. The van der Waals surface area contributed by atoms with Crippen LogP contribution in [0.15, 0.2) is 27.6 Å². The Morgan fingerprint density at radius 2 is 2.17 bits per heavy atom. The lowest BCUT2D eigenvalue weighted by molar-refractivity contribution is 0.0193. The summed E-state index contributed by atoms with van der Waals surface area (Å²) in [7, 11) is 0. The number of rotatable bonds is 3. The molecule has 0 aromatic carbocycles. The largest absolute Gasteiger partial charge is 0.377 e. The monoisotopic (exact) mass is 317 g/mol. The van der Waals surface area contributed by atoms with Gasteiger partial charge in [0.1, 0.15) is 6.54 Å². The predicted molar refractivity (Wildman–Crippen MR) is 85.4 cm³/mol. The summed E-state index contributed by atoms with van der Waals surface area (Å²) in [4.78, 5) is 16.6. The SMILES string of the molecule is Cc1cccn(Cc2nc([C@H]3CCO[C@@H]3C(C)(C)C)no2)c1=O. The van der Waals surface area contributed by atoms with Crippen molar-refractivity contribution < 1.29 is 9.26 Å². The van der Waals surface area contributed by atoms with E-state index in [0.29, 0.717) is 30.4 Å². The Labute approximate surface area is 135 Å². The molecule has 0 N–H and O–H groups in total. The van der Waals surface area contributed by atoms with Crippen molar-refractivity contribution in [1.82, 2.24) is 14.7 Å². The maximum absolute atomic E-state index is 12.1. The molecule has 0 unspecified atom stereocenters. The molecule has 0 aliphatic carbocycles. The molecule has 3 rings (SSSR count). The smallest absolute Gasteiger partial charge is 0.253 e. The standard InChI is InChI=1S/C17H23N3O3/c1-11-6-5-8-20(16(11)21)10-13-18-15(19-23-13)12-7-9-22-14(12)17(2,3)4/h5-6,8,12,14H,7,9-10H2,1-4H3/t12-,14-/m0/s1. The minimum atomic E-state index is -0.0379. The Hall–Kier alpha value is -1.95. The van der Waals surface area contributed by atoms with Crippen LogP contribution in [-0.2, 0) is 11.3 Å². The second kappa shape index (κ2) is 5.92. The third-order valence-electron chi connectivity index (χ3n) is 4.28. The van der Waals surface area contributed by atoms with E-state index in [1.165, 1.54) is 0 Å². The molecule has 6 nitrogen and oxygen atoms in total. The van der Waals surface area contributed by atoms with Gasteiger partial charge >= 0.3 is 0 Å². The summed E-state index contributed by atoms with van der Waals surface area (Å²) >= 11 is 0. The highest BCUT2D eigenvalue weighted by molar-refractivity contribution is 5.09. The van der Waals surface area contributed by atoms with E-state index < -0.39 is 0 Å². The van der Waals surface area contributed by atoms with Crippen molar-refractivity contribution >= 4 is 0 Å².